The number of carbonyl (C=O) groups excluding carboxylic acids is 1. The van der Waals surface area contributed by atoms with E-state index in [1.54, 1.807) is 18.2 Å². The van der Waals surface area contributed by atoms with Gasteiger partial charge in [-0.1, -0.05) is 0 Å². The summed E-state index contributed by atoms with van der Waals surface area (Å²) in [7, 11) is 0. The number of halogens is 2. The first kappa shape index (κ1) is 12.4. The summed E-state index contributed by atoms with van der Waals surface area (Å²) in [5.41, 5.74) is 1.73. The lowest BCUT2D eigenvalue weighted by Crippen LogP contribution is -2.46. The van der Waals surface area contributed by atoms with Crippen LogP contribution in [0.4, 0.5) is 0 Å². The second kappa shape index (κ2) is 4.33. The smallest absolute Gasteiger partial charge is 0.254 e. The molecule has 4 atom stereocenters. The van der Waals surface area contributed by atoms with Crippen LogP contribution in [0.1, 0.15) is 16.8 Å². The average molecular weight is 312 g/mol. The van der Waals surface area contributed by atoms with Gasteiger partial charge >= 0.3 is 0 Å². The molecule has 1 saturated carbocycles. The van der Waals surface area contributed by atoms with Crippen molar-refractivity contribution in [2.45, 2.75) is 23.2 Å². The van der Waals surface area contributed by atoms with Gasteiger partial charge in [-0.2, -0.15) is 0 Å². The predicted molar refractivity (Wildman–Crippen MR) is 74.0 cm³/mol. The third kappa shape index (κ3) is 1.66. The summed E-state index contributed by atoms with van der Waals surface area (Å²) < 4.78 is 4.93. The first-order chi connectivity index (χ1) is 9.65. The highest BCUT2D eigenvalue weighted by Gasteiger charge is 2.52. The Bertz CT molecular complexity index is 687. The van der Waals surface area contributed by atoms with Gasteiger partial charge in [0.2, 0.25) is 0 Å². The number of hydrogen-bond donors (Lipinski definition) is 0. The maximum absolute atomic E-state index is 12.6. The van der Waals surface area contributed by atoms with E-state index in [1.807, 2.05) is 4.90 Å². The van der Waals surface area contributed by atoms with Crippen molar-refractivity contribution >= 4 is 40.2 Å². The van der Waals surface area contributed by atoms with Crippen LogP contribution in [-0.2, 0) is 0 Å². The highest BCUT2D eigenvalue weighted by Crippen LogP contribution is 2.44. The molecule has 2 aromatic rings. The third-order valence-corrected chi connectivity index (χ3v) is 5.57. The van der Waals surface area contributed by atoms with Crippen LogP contribution in [-0.4, -0.2) is 44.5 Å². The van der Waals surface area contributed by atoms with Crippen molar-refractivity contribution in [1.82, 2.24) is 15.3 Å². The third-order valence-electron chi connectivity index (χ3n) is 4.25. The Morgan fingerprint density at radius 1 is 1.35 bits per heavy atom. The fraction of sp³-hybridized carbons (Fsp3) is 0.462. The second-order valence-electron chi connectivity index (χ2n) is 5.36. The molecule has 1 aliphatic carbocycles. The largest absolute Gasteiger partial charge is 0.337 e. The van der Waals surface area contributed by atoms with Gasteiger partial charge in [0.1, 0.15) is 5.52 Å². The number of piperidine rings is 1. The topological polar surface area (TPSA) is 59.2 Å². The second-order valence-corrected chi connectivity index (χ2v) is 6.37. The average Bonchev–Trinajstić information content (AvgIpc) is 3.14. The SMILES string of the molecule is O=C(c1ccc2onnc2c1)N1CC2CC1C(Cl)C2Cl. The molecule has 4 rings (SSSR count). The van der Waals surface area contributed by atoms with Crippen molar-refractivity contribution in [3.05, 3.63) is 23.8 Å². The van der Waals surface area contributed by atoms with Crippen LogP contribution < -0.4 is 0 Å². The molecule has 0 radical (unpaired) electrons. The van der Waals surface area contributed by atoms with Crippen LogP contribution in [0.3, 0.4) is 0 Å². The zero-order valence-corrected chi connectivity index (χ0v) is 11.9. The number of nitrogens with zero attached hydrogens (tertiary/aromatic N) is 3. The van der Waals surface area contributed by atoms with Gasteiger partial charge in [-0.3, -0.25) is 4.79 Å². The summed E-state index contributed by atoms with van der Waals surface area (Å²) in [5.74, 6) is 0.266. The molecule has 7 heteroatoms. The standard InChI is InChI=1S/C13H11Cl2N3O2/c14-11-7-4-9(12(11)15)18(5-7)13(19)6-1-2-10-8(3-6)16-17-20-10/h1-3,7,9,11-12H,4-5H2. The molecule has 1 aromatic heterocycles. The van der Waals surface area contributed by atoms with E-state index in [0.717, 1.165) is 6.42 Å². The lowest BCUT2D eigenvalue weighted by molar-refractivity contribution is 0.0709. The monoisotopic (exact) mass is 311 g/mol. The Hall–Kier alpha value is -1.33. The number of carbonyl (C=O) groups is 1. The van der Waals surface area contributed by atoms with Crippen molar-refractivity contribution in [3.63, 3.8) is 0 Å². The Morgan fingerprint density at radius 2 is 2.20 bits per heavy atom. The fourth-order valence-corrected chi connectivity index (χ4v) is 4.01. The molecule has 2 heterocycles. The number of hydrogen-bond acceptors (Lipinski definition) is 4. The minimum absolute atomic E-state index is 0.0304. The fourth-order valence-electron chi connectivity index (χ4n) is 3.22. The summed E-state index contributed by atoms with van der Waals surface area (Å²) in [4.78, 5) is 14.4. The van der Waals surface area contributed by atoms with E-state index in [9.17, 15) is 4.79 Å². The van der Waals surface area contributed by atoms with E-state index >= 15 is 0 Å². The quantitative estimate of drug-likeness (QED) is 0.758. The lowest BCUT2D eigenvalue weighted by Gasteiger charge is -2.32. The van der Waals surface area contributed by atoms with Crippen LogP contribution in [0.5, 0.6) is 0 Å². The van der Waals surface area contributed by atoms with Gasteiger partial charge < -0.3 is 9.42 Å². The lowest BCUT2D eigenvalue weighted by atomic mass is 10.1. The molecule has 4 unspecified atom stereocenters. The highest BCUT2D eigenvalue weighted by atomic mass is 35.5. The van der Waals surface area contributed by atoms with Crippen molar-refractivity contribution in [1.29, 1.82) is 0 Å². The normalized spacial score (nSPS) is 32.2. The van der Waals surface area contributed by atoms with Crippen molar-refractivity contribution in [2.75, 3.05) is 6.54 Å². The van der Waals surface area contributed by atoms with E-state index in [0.29, 0.717) is 29.1 Å². The minimum Gasteiger partial charge on any atom is -0.337 e. The molecule has 1 aliphatic heterocycles. The minimum atomic E-state index is -0.170. The van der Waals surface area contributed by atoms with Gasteiger partial charge in [0.05, 0.1) is 16.8 Å². The van der Waals surface area contributed by atoms with Crippen LogP contribution in [0.25, 0.3) is 11.1 Å². The first-order valence-electron chi connectivity index (χ1n) is 6.46. The number of rotatable bonds is 1. The zero-order valence-electron chi connectivity index (χ0n) is 10.4. The van der Waals surface area contributed by atoms with Gasteiger partial charge in [0.15, 0.2) is 5.58 Å². The van der Waals surface area contributed by atoms with Crippen molar-refractivity contribution in [2.24, 2.45) is 5.92 Å². The number of benzene rings is 1. The molecule has 0 N–H and O–H groups in total. The number of alkyl halides is 2. The Labute approximate surface area is 124 Å². The molecule has 1 aromatic carbocycles. The molecule has 5 nitrogen and oxygen atoms in total. The highest BCUT2D eigenvalue weighted by molar-refractivity contribution is 6.31. The van der Waals surface area contributed by atoms with Crippen LogP contribution in [0.2, 0.25) is 0 Å². The maximum Gasteiger partial charge on any atom is 0.254 e. The summed E-state index contributed by atoms with van der Waals surface area (Å²) in [6.07, 6.45) is 0.891. The maximum atomic E-state index is 12.6. The van der Waals surface area contributed by atoms with E-state index in [1.165, 1.54) is 0 Å². The Morgan fingerprint density at radius 3 is 2.95 bits per heavy atom. The van der Waals surface area contributed by atoms with Crippen LogP contribution in [0, 0.1) is 5.92 Å². The van der Waals surface area contributed by atoms with Gasteiger partial charge in [-0.15, -0.1) is 28.3 Å². The summed E-state index contributed by atoms with van der Waals surface area (Å²) in [5, 5.41) is 7.10. The van der Waals surface area contributed by atoms with Gasteiger partial charge in [0, 0.05) is 17.4 Å². The molecular weight excluding hydrogens is 301 g/mol. The molecule has 2 bridgehead atoms. The van der Waals surface area contributed by atoms with Crippen molar-refractivity contribution < 1.29 is 9.32 Å². The summed E-state index contributed by atoms with van der Waals surface area (Å²) in [6, 6.07) is 5.16. The summed E-state index contributed by atoms with van der Waals surface area (Å²) in [6.45, 7) is 0.677. The van der Waals surface area contributed by atoms with Gasteiger partial charge in [-0.25, -0.2) is 0 Å². The number of fused-ring (bicyclic) bond motifs is 3. The predicted octanol–water partition coefficient (Wildman–Crippen LogP) is 2.28. The summed E-state index contributed by atoms with van der Waals surface area (Å²) >= 11 is 12.5. The Kier molecular flexibility index (Phi) is 2.69. The molecule has 0 spiro atoms. The Balaban J connectivity index is 1.64. The molecule has 1 saturated heterocycles. The molecule has 2 fully saturated rings. The number of amides is 1. The molecule has 1 amide bonds. The van der Waals surface area contributed by atoms with Gasteiger partial charge in [-0.05, 0) is 30.5 Å². The first-order valence-corrected chi connectivity index (χ1v) is 7.33. The van der Waals surface area contributed by atoms with E-state index in [-0.39, 0.29) is 22.7 Å². The van der Waals surface area contributed by atoms with Gasteiger partial charge in [0.25, 0.3) is 5.91 Å². The van der Waals surface area contributed by atoms with Crippen LogP contribution in [0.15, 0.2) is 22.7 Å². The molecule has 2 aliphatic rings. The number of aromatic nitrogens is 2. The number of likely N-dealkylation sites (tertiary alicyclic amines) is 1. The van der Waals surface area contributed by atoms with E-state index in [2.05, 4.69) is 10.4 Å². The van der Waals surface area contributed by atoms with Crippen molar-refractivity contribution in [3.8, 4) is 0 Å². The molecule has 104 valence electrons. The zero-order chi connectivity index (χ0) is 13.9. The molecular formula is C13H11Cl2N3O2. The van der Waals surface area contributed by atoms with Crippen LogP contribution >= 0.6 is 23.2 Å². The van der Waals surface area contributed by atoms with E-state index in [4.69, 9.17) is 27.7 Å². The molecule has 20 heavy (non-hydrogen) atoms. The van der Waals surface area contributed by atoms with E-state index < -0.39 is 0 Å².